The fourth-order valence-electron chi connectivity index (χ4n) is 5.29. The zero-order valence-corrected chi connectivity index (χ0v) is 16.9. The molecule has 0 amide bonds. The Balaban J connectivity index is 1.70. The van der Waals surface area contributed by atoms with Gasteiger partial charge in [0.05, 0.1) is 25.4 Å². The topological polar surface area (TPSA) is 41.9 Å². The maximum Gasteiger partial charge on any atom is 0.124 e. The molecule has 1 spiro atoms. The van der Waals surface area contributed by atoms with Crippen LogP contribution in [0, 0.1) is 11.3 Å². The number of fused-ring (bicyclic) bond motifs is 2. The predicted molar refractivity (Wildman–Crippen MR) is 100 cm³/mol. The first-order valence-corrected chi connectivity index (χ1v) is 10.5. The molecule has 0 radical (unpaired) electrons. The van der Waals surface area contributed by atoms with Crippen molar-refractivity contribution in [2.24, 2.45) is 11.3 Å². The third-order valence-electron chi connectivity index (χ3n) is 6.98. The summed E-state index contributed by atoms with van der Waals surface area (Å²) in [5, 5.41) is 10.1. The second-order valence-electron chi connectivity index (χ2n) is 9.74. The first-order chi connectivity index (χ1) is 11.9. The molecule has 3 aliphatic rings. The van der Waals surface area contributed by atoms with E-state index in [1.54, 1.807) is 0 Å². The molecule has 4 heteroatoms. The summed E-state index contributed by atoms with van der Waals surface area (Å²) >= 11 is 0. The fourth-order valence-corrected chi connectivity index (χ4v) is 5.29. The molecule has 2 atom stereocenters. The molecule has 25 heavy (non-hydrogen) atoms. The molecule has 0 aromatic heterocycles. The minimum Gasteiger partial charge on any atom is -0.394 e. The summed E-state index contributed by atoms with van der Waals surface area (Å²) in [5.74, 6) is 0.761. The van der Waals surface area contributed by atoms with E-state index in [-0.39, 0.29) is 24.1 Å². The van der Waals surface area contributed by atoms with Gasteiger partial charge in [-0.15, -0.1) is 0 Å². The van der Waals surface area contributed by atoms with E-state index in [4.69, 9.17) is 9.47 Å². The highest BCUT2D eigenvalue weighted by Crippen LogP contribution is 2.52. The summed E-state index contributed by atoms with van der Waals surface area (Å²) in [6.07, 6.45) is 10.8. The van der Waals surface area contributed by atoms with Crippen LogP contribution in [-0.2, 0) is 9.47 Å². The maximum absolute atomic E-state index is 10.1. The molecule has 3 fully saturated rings. The molecule has 0 aromatic carbocycles. The standard InChI is InChI=1S/C21H39NO3/c1-5-6-7-8-9-18-22-20(14-23,15-24-18)16-25-21(22)12-10-17(11-13-21)19(2,3)4/h17-18,23H,5-16H2,1-4H3/t17?,18-,20-,21?/m1/s1. The van der Waals surface area contributed by atoms with Gasteiger partial charge in [-0.05, 0) is 49.9 Å². The molecular formula is C21H39NO3. The highest BCUT2D eigenvalue weighted by atomic mass is 16.6. The van der Waals surface area contributed by atoms with Gasteiger partial charge in [0.2, 0.25) is 0 Å². The van der Waals surface area contributed by atoms with Crippen molar-refractivity contribution >= 4 is 0 Å². The van der Waals surface area contributed by atoms with E-state index in [2.05, 4.69) is 32.6 Å². The molecule has 1 saturated carbocycles. The Morgan fingerprint density at radius 1 is 1.08 bits per heavy atom. The summed E-state index contributed by atoms with van der Waals surface area (Å²) in [4.78, 5) is 2.48. The van der Waals surface area contributed by atoms with Gasteiger partial charge in [-0.1, -0.05) is 47.0 Å². The summed E-state index contributed by atoms with van der Waals surface area (Å²) in [7, 11) is 0. The number of ether oxygens (including phenoxy) is 2. The Hall–Kier alpha value is -0.160. The first kappa shape index (κ1) is 19.6. The number of aliphatic hydroxyl groups excluding tert-OH is 1. The van der Waals surface area contributed by atoms with Crippen molar-refractivity contribution in [3.05, 3.63) is 0 Å². The number of rotatable bonds is 6. The average molecular weight is 354 g/mol. The Kier molecular flexibility index (Phi) is 5.85. The summed E-state index contributed by atoms with van der Waals surface area (Å²) in [5.41, 5.74) is -0.129. The molecule has 3 rings (SSSR count). The van der Waals surface area contributed by atoms with Crippen LogP contribution >= 0.6 is 0 Å². The normalized spacial score (nSPS) is 39.2. The van der Waals surface area contributed by atoms with Gasteiger partial charge in [0.1, 0.15) is 12.0 Å². The van der Waals surface area contributed by atoms with Crippen LogP contribution in [0.25, 0.3) is 0 Å². The molecule has 0 aromatic rings. The molecule has 2 heterocycles. The predicted octanol–water partition coefficient (Wildman–Crippen LogP) is 4.31. The Bertz CT molecular complexity index is 439. The van der Waals surface area contributed by atoms with Crippen molar-refractivity contribution in [2.75, 3.05) is 19.8 Å². The molecule has 2 aliphatic heterocycles. The lowest BCUT2D eigenvalue weighted by molar-refractivity contribution is -0.167. The van der Waals surface area contributed by atoms with Crippen molar-refractivity contribution in [2.45, 2.75) is 103 Å². The molecule has 146 valence electrons. The number of unbranched alkanes of at least 4 members (excludes halogenated alkanes) is 3. The van der Waals surface area contributed by atoms with Crippen molar-refractivity contribution in [1.82, 2.24) is 4.90 Å². The van der Waals surface area contributed by atoms with Gasteiger partial charge in [-0.25, -0.2) is 4.90 Å². The monoisotopic (exact) mass is 353 g/mol. The minimum atomic E-state index is -0.302. The second-order valence-corrected chi connectivity index (χ2v) is 9.74. The van der Waals surface area contributed by atoms with Gasteiger partial charge in [0.25, 0.3) is 0 Å². The lowest BCUT2D eigenvalue weighted by atomic mass is 9.70. The van der Waals surface area contributed by atoms with Gasteiger partial charge in [0, 0.05) is 0 Å². The zero-order valence-electron chi connectivity index (χ0n) is 16.9. The first-order valence-electron chi connectivity index (χ1n) is 10.5. The third-order valence-corrected chi connectivity index (χ3v) is 6.98. The van der Waals surface area contributed by atoms with E-state index in [9.17, 15) is 5.11 Å². The molecular weight excluding hydrogens is 314 g/mol. The molecule has 2 saturated heterocycles. The van der Waals surface area contributed by atoms with Crippen molar-refractivity contribution in [1.29, 1.82) is 0 Å². The van der Waals surface area contributed by atoms with E-state index in [1.165, 1.54) is 38.5 Å². The Labute approximate surface area is 154 Å². The van der Waals surface area contributed by atoms with Gasteiger partial charge in [0.15, 0.2) is 0 Å². The number of nitrogens with zero attached hydrogens (tertiary/aromatic N) is 1. The number of hydrogen-bond donors (Lipinski definition) is 1. The molecule has 0 unspecified atom stereocenters. The highest BCUT2D eigenvalue weighted by molar-refractivity contribution is 5.09. The van der Waals surface area contributed by atoms with Gasteiger partial charge in [-0.2, -0.15) is 0 Å². The summed E-state index contributed by atoms with van der Waals surface area (Å²) in [6, 6.07) is 0. The summed E-state index contributed by atoms with van der Waals surface area (Å²) < 4.78 is 12.6. The second kappa shape index (κ2) is 7.46. The minimum absolute atomic E-state index is 0.123. The van der Waals surface area contributed by atoms with Crippen LogP contribution in [0.2, 0.25) is 0 Å². The van der Waals surface area contributed by atoms with Crippen molar-refractivity contribution in [3.63, 3.8) is 0 Å². The largest absolute Gasteiger partial charge is 0.394 e. The van der Waals surface area contributed by atoms with Gasteiger partial charge in [-0.3, -0.25) is 0 Å². The van der Waals surface area contributed by atoms with Crippen LogP contribution in [0.3, 0.4) is 0 Å². The lowest BCUT2D eigenvalue weighted by Crippen LogP contribution is -2.58. The van der Waals surface area contributed by atoms with Crippen molar-refractivity contribution in [3.8, 4) is 0 Å². The smallest absolute Gasteiger partial charge is 0.124 e. The van der Waals surface area contributed by atoms with Crippen LogP contribution < -0.4 is 0 Å². The maximum atomic E-state index is 10.1. The lowest BCUT2D eigenvalue weighted by Gasteiger charge is -2.48. The van der Waals surface area contributed by atoms with Crippen LogP contribution in [0.1, 0.15) is 85.5 Å². The fraction of sp³-hybridized carbons (Fsp3) is 1.00. The van der Waals surface area contributed by atoms with E-state index < -0.39 is 0 Å². The molecule has 1 aliphatic carbocycles. The summed E-state index contributed by atoms with van der Waals surface area (Å²) in [6.45, 7) is 10.7. The van der Waals surface area contributed by atoms with Crippen molar-refractivity contribution < 1.29 is 14.6 Å². The number of aliphatic hydroxyl groups is 1. The Morgan fingerprint density at radius 2 is 1.80 bits per heavy atom. The molecule has 1 N–H and O–H groups in total. The highest BCUT2D eigenvalue weighted by Gasteiger charge is 2.62. The van der Waals surface area contributed by atoms with Crippen LogP contribution in [0.15, 0.2) is 0 Å². The third kappa shape index (κ3) is 3.65. The van der Waals surface area contributed by atoms with Crippen LogP contribution in [0.4, 0.5) is 0 Å². The van der Waals surface area contributed by atoms with Gasteiger partial charge >= 0.3 is 0 Å². The molecule has 0 bridgehead atoms. The van der Waals surface area contributed by atoms with Crippen LogP contribution in [-0.4, -0.2) is 47.3 Å². The van der Waals surface area contributed by atoms with Crippen LogP contribution in [0.5, 0.6) is 0 Å². The quantitative estimate of drug-likeness (QED) is 0.723. The SMILES string of the molecule is CCCCCC[C@H]1OC[C@]2(CO)COC3(CCC(C(C)(C)C)CC3)N12. The van der Waals surface area contributed by atoms with E-state index >= 15 is 0 Å². The zero-order chi connectivity index (χ0) is 18.1. The van der Waals surface area contributed by atoms with E-state index in [1.807, 2.05) is 0 Å². The van der Waals surface area contributed by atoms with E-state index in [0.717, 1.165) is 25.2 Å². The molecule has 4 nitrogen and oxygen atoms in total. The van der Waals surface area contributed by atoms with Gasteiger partial charge < -0.3 is 14.6 Å². The number of hydrogen-bond acceptors (Lipinski definition) is 4. The Morgan fingerprint density at radius 3 is 2.40 bits per heavy atom. The average Bonchev–Trinajstić information content (AvgIpc) is 3.10. The van der Waals surface area contributed by atoms with E-state index in [0.29, 0.717) is 18.6 Å².